The number of ketones is 1. The predicted octanol–water partition coefficient (Wildman–Crippen LogP) is 0.930. The topological polar surface area (TPSA) is 42.4 Å². The minimum Gasteiger partial charge on any atom is -0.487 e. The van der Waals surface area contributed by atoms with E-state index in [1.165, 1.54) is 0 Å². The van der Waals surface area contributed by atoms with Crippen LogP contribution in [0.3, 0.4) is 0 Å². The molecule has 0 amide bonds. The highest BCUT2D eigenvalue weighted by atomic mass is 16.5. The molecule has 0 aliphatic carbocycles. The fourth-order valence-electron chi connectivity index (χ4n) is 2.25. The number of anilines is 1. The van der Waals surface area contributed by atoms with E-state index >= 15 is 0 Å². The van der Waals surface area contributed by atoms with Crippen molar-refractivity contribution in [3.05, 3.63) is 17.8 Å². The highest BCUT2D eigenvalue weighted by Crippen LogP contribution is 2.37. The number of fused-ring (bicyclic) bond motifs is 3. The molecule has 1 aromatic heterocycles. The lowest BCUT2D eigenvalue weighted by Crippen LogP contribution is -2.39. The van der Waals surface area contributed by atoms with Crippen molar-refractivity contribution >= 4 is 11.6 Å². The molecule has 4 heteroatoms. The van der Waals surface area contributed by atoms with Crippen LogP contribution in [0, 0.1) is 6.92 Å². The van der Waals surface area contributed by atoms with Crippen molar-refractivity contribution < 1.29 is 9.53 Å². The smallest absolute Gasteiger partial charge is 0.172 e. The first-order valence-electron chi connectivity index (χ1n) is 5.12. The summed E-state index contributed by atoms with van der Waals surface area (Å²) in [7, 11) is 0. The zero-order chi connectivity index (χ0) is 10.4. The van der Waals surface area contributed by atoms with Crippen LogP contribution in [0.4, 0.5) is 5.82 Å². The molecule has 0 saturated carbocycles. The van der Waals surface area contributed by atoms with Gasteiger partial charge in [0.1, 0.15) is 6.61 Å². The fourth-order valence-corrected chi connectivity index (χ4v) is 2.25. The normalized spacial score (nSPS) is 23.4. The van der Waals surface area contributed by atoms with Gasteiger partial charge in [0.15, 0.2) is 17.4 Å². The Balaban J connectivity index is 2.08. The molecule has 3 rings (SSSR count). The Morgan fingerprint density at radius 2 is 2.47 bits per heavy atom. The van der Waals surface area contributed by atoms with Crippen LogP contribution in [0.2, 0.25) is 0 Å². The largest absolute Gasteiger partial charge is 0.487 e. The number of ether oxygens (including phenoxy) is 1. The summed E-state index contributed by atoms with van der Waals surface area (Å²) in [4.78, 5) is 17.7. The number of carbonyl (C=O) groups excluding carboxylic acids is 1. The first-order valence-corrected chi connectivity index (χ1v) is 5.12. The van der Waals surface area contributed by atoms with Crippen molar-refractivity contribution in [2.45, 2.75) is 19.4 Å². The number of Topliss-reactive ketones (excluding diaryl/α,β-unsaturated/α-hetero) is 1. The Morgan fingerprint density at radius 1 is 1.60 bits per heavy atom. The molecule has 3 heterocycles. The number of pyridine rings is 1. The zero-order valence-corrected chi connectivity index (χ0v) is 8.56. The Labute approximate surface area is 87.9 Å². The zero-order valence-electron chi connectivity index (χ0n) is 8.56. The summed E-state index contributed by atoms with van der Waals surface area (Å²) in [6.45, 7) is 3.08. The van der Waals surface area contributed by atoms with E-state index in [-0.39, 0.29) is 11.8 Å². The van der Waals surface area contributed by atoms with Crippen molar-refractivity contribution in [3.63, 3.8) is 0 Å². The second-order valence-corrected chi connectivity index (χ2v) is 4.12. The maximum absolute atomic E-state index is 11.4. The molecule has 1 saturated heterocycles. The minimum absolute atomic E-state index is 0.194. The van der Waals surface area contributed by atoms with E-state index in [0.717, 1.165) is 17.1 Å². The summed E-state index contributed by atoms with van der Waals surface area (Å²) in [6, 6.07) is 2.12. The molecule has 15 heavy (non-hydrogen) atoms. The van der Waals surface area contributed by atoms with Crippen LogP contribution in [-0.2, 0) is 4.79 Å². The molecule has 0 spiro atoms. The first kappa shape index (κ1) is 8.71. The average molecular weight is 204 g/mol. The summed E-state index contributed by atoms with van der Waals surface area (Å²) in [6.07, 6.45) is 2.36. The predicted molar refractivity (Wildman–Crippen MR) is 55.2 cm³/mol. The van der Waals surface area contributed by atoms with E-state index in [1.54, 1.807) is 6.20 Å². The SMILES string of the molecule is Cc1ccnc2c1OCC1CC(=O)CN21. The molecule has 0 radical (unpaired) electrons. The van der Waals surface area contributed by atoms with Crippen LogP contribution in [-0.4, -0.2) is 30.0 Å². The van der Waals surface area contributed by atoms with Crippen LogP contribution in [0.15, 0.2) is 12.3 Å². The lowest BCUT2D eigenvalue weighted by molar-refractivity contribution is -0.116. The van der Waals surface area contributed by atoms with E-state index in [1.807, 2.05) is 13.0 Å². The Bertz CT molecular complexity index is 431. The highest BCUT2D eigenvalue weighted by molar-refractivity contribution is 5.88. The van der Waals surface area contributed by atoms with Crippen LogP contribution >= 0.6 is 0 Å². The Kier molecular flexibility index (Phi) is 1.71. The van der Waals surface area contributed by atoms with Gasteiger partial charge in [-0.25, -0.2) is 4.98 Å². The van der Waals surface area contributed by atoms with Crippen molar-refractivity contribution in [2.24, 2.45) is 0 Å². The van der Waals surface area contributed by atoms with E-state index in [0.29, 0.717) is 19.6 Å². The van der Waals surface area contributed by atoms with Gasteiger partial charge in [-0.3, -0.25) is 4.79 Å². The monoisotopic (exact) mass is 204 g/mol. The van der Waals surface area contributed by atoms with Crippen LogP contribution in [0.5, 0.6) is 5.75 Å². The van der Waals surface area contributed by atoms with Gasteiger partial charge in [-0.2, -0.15) is 0 Å². The number of rotatable bonds is 0. The van der Waals surface area contributed by atoms with Gasteiger partial charge in [-0.15, -0.1) is 0 Å². The summed E-state index contributed by atoms with van der Waals surface area (Å²) in [5, 5.41) is 0. The number of nitrogens with zero attached hydrogens (tertiary/aromatic N) is 2. The number of hydrogen-bond donors (Lipinski definition) is 0. The Hall–Kier alpha value is -1.58. The third-order valence-electron chi connectivity index (χ3n) is 3.03. The van der Waals surface area contributed by atoms with E-state index < -0.39 is 0 Å². The molecular formula is C11H12N2O2. The number of hydrogen-bond acceptors (Lipinski definition) is 4. The summed E-state index contributed by atoms with van der Waals surface area (Å²) in [5.41, 5.74) is 1.08. The Morgan fingerprint density at radius 3 is 3.33 bits per heavy atom. The second-order valence-electron chi connectivity index (χ2n) is 4.12. The van der Waals surface area contributed by atoms with Gasteiger partial charge in [-0.1, -0.05) is 0 Å². The maximum Gasteiger partial charge on any atom is 0.172 e. The molecular weight excluding hydrogens is 192 g/mol. The van der Waals surface area contributed by atoms with E-state index in [2.05, 4.69) is 9.88 Å². The molecule has 1 unspecified atom stereocenters. The van der Waals surface area contributed by atoms with E-state index in [9.17, 15) is 4.79 Å². The van der Waals surface area contributed by atoms with Crippen LogP contribution in [0.25, 0.3) is 0 Å². The van der Waals surface area contributed by atoms with Gasteiger partial charge in [0.2, 0.25) is 0 Å². The molecule has 4 nitrogen and oxygen atoms in total. The number of aromatic nitrogens is 1. The lowest BCUT2D eigenvalue weighted by Gasteiger charge is -2.32. The van der Waals surface area contributed by atoms with E-state index in [4.69, 9.17) is 4.74 Å². The van der Waals surface area contributed by atoms with Gasteiger partial charge in [0.05, 0.1) is 12.6 Å². The maximum atomic E-state index is 11.4. The van der Waals surface area contributed by atoms with Gasteiger partial charge >= 0.3 is 0 Å². The lowest BCUT2D eigenvalue weighted by atomic mass is 10.2. The van der Waals surface area contributed by atoms with Crippen molar-refractivity contribution in [1.82, 2.24) is 4.98 Å². The quantitative estimate of drug-likeness (QED) is 0.630. The average Bonchev–Trinajstić information content (AvgIpc) is 2.59. The third-order valence-corrected chi connectivity index (χ3v) is 3.03. The van der Waals surface area contributed by atoms with Crippen molar-refractivity contribution in [3.8, 4) is 5.75 Å². The first-order chi connectivity index (χ1) is 7.25. The van der Waals surface area contributed by atoms with Crippen LogP contribution in [0.1, 0.15) is 12.0 Å². The van der Waals surface area contributed by atoms with Gasteiger partial charge in [0.25, 0.3) is 0 Å². The van der Waals surface area contributed by atoms with Gasteiger partial charge in [0, 0.05) is 12.6 Å². The molecule has 0 N–H and O–H groups in total. The standard InChI is InChI=1S/C11H12N2O2/c1-7-2-3-12-11-10(7)15-6-8-4-9(14)5-13(8)11/h2-3,8H,4-6H2,1H3. The fraction of sp³-hybridized carbons (Fsp3) is 0.455. The number of carbonyl (C=O) groups is 1. The molecule has 0 bridgehead atoms. The van der Waals surface area contributed by atoms with Crippen molar-refractivity contribution in [2.75, 3.05) is 18.1 Å². The summed E-state index contributed by atoms with van der Waals surface area (Å²) in [5.74, 6) is 1.94. The van der Waals surface area contributed by atoms with Gasteiger partial charge in [-0.05, 0) is 18.6 Å². The molecule has 2 aliphatic heterocycles. The second kappa shape index (κ2) is 2.95. The number of aryl methyl sites for hydroxylation is 1. The molecule has 2 aliphatic rings. The minimum atomic E-state index is 0.194. The molecule has 0 aromatic carbocycles. The molecule has 1 aromatic rings. The molecule has 1 atom stereocenters. The molecule has 78 valence electrons. The van der Waals surface area contributed by atoms with Crippen LogP contribution < -0.4 is 9.64 Å². The highest BCUT2D eigenvalue weighted by Gasteiger charge is 2.37. The van der Waals surface area contributed by atoms with Crippen molar-refractivity contribution in [1.29, 1.82) is 0 Å². The summed E-state index contributed by atoms with van der Waals surface area (Å²) < 4.78 is 5.66. The summed E-state index contributed by atoms with van der Waals surface area (Å²) >= 11 is 0. The molecule has 1 fully saturated rings. The van der Waals surface area contributed by atoms with Gasteiger partial charge < -0.3 is 9.64 Å². The third kappa shape index (κ3) is 1.21.